The predicted molar refractivity (Wildman–Crippen MR) is 69.2 cm³/mol. The Bertz CT molecular complexity index is 244. The van der Waals surface area contributed by atoms with Gasteiger partial charge in [-0.05, 0) is 39.9 Å². The van der Waals surface area contributed by atoms with E-state index in [0.29, 0.717) is 6.04 Å². The summed E-state index contributed by atoms with van der Waals surface area (Å²) in [4.78, 5) is 15.7. The highest BCUT2D eigenvalue weighted by Crippen LogP contribution is 2.23. The molecule has 0 aromatic heterocycles. The first kappa shape index (κ1) is 14.5. The van der Waals surface area contributed by atoms with E-state index in [0.717, 1.165) is 45.2 Å². The van der Waals surface area contributed by atoms with Gasteiger partial charge in [-0.15, -0.1) is 0 Å². The second-order valence-electron chi connectivity index (χ2n) is 5.29. The van der Waals surface area contributed by atoms with Crippen LogP contribution in [0.1, 0.15) is 39.0 Å². The number of nitrogens with zero attached hydrogens (tertiary/aromatic N) is 2. The summed E-state index contributed by atoms with van der Waals surface area (Å²) in [6, 6.07) is 0.144. The highest BCUT2D eigenvalue weighted by atomic mass is 16.4. The van der Waals surface area contributed by atoms with Crippen LogP contribution in [0, 0.1) is 0 Å². The van der Waals surface area contributed by atoms with Crippen molar-refractivity contribution in [1.29, 1.82) is 0 Å². The normalized spacial score (nSPS) is 23.2. The van der Waals surface area contributed by atoms with Gasteiger partial charge >= 0.3 is 5.97 Å². The Morgan fingerprint density at radius 3 is 2.76 bits per heavy atom. The predicted octanol–water partition coefficient (Wildman–Crippen LogP) is 1.66. The fourth-order valence-corrected chi connectivity index (χ4v) is 2.71. The molecule has 100 valence electrons. The molecule has 1 aliphatic heterocycles. The quantitative estimate of drug-likeness (QED) is 0.737. The molecule has 1 saturated heterocycles. The van der Waals surface area contributed by atoms with Crippen LogP contribution in [-0.2, 0) is 4.79 Å². The Hall–Kier alpha value is -0.610. The summed E-state index contributed by atoms with van der Waals surface area (Å²) >= 11 is 0. The van der Waals surface area contributed by atoms with Crippen molar-refractivity contribution < 1.29 is 9.90 Å². The van der Waals surface area contributed by atoms with Gasteiger partial charge < -0.3 is 10.0 Å². The van der Waals surface area contributed by atoms with Crippen LogP contribution in [0.15, 0.2) is 0 Å². The van der Waals surface area contributed by atoms with Gasteiger partial charge in [0.15, 0.2) is 0 Å². The first-order valence-electron chi connectivity index (χ1n) is 6.69. The Balaban J connectivity index is 2.61. The molecule has 0 aliphatic carbocycles. The number of likely N-dealkylation sites (tertiary alicyclic amines) is 1. The summed E-state index contributed by atoms with van der Waals surface area (Å²) in [7, 11) is 4.11. The van der Waals surface area contributed by atoms with Gasteiger partial charge in [0.25, 0.3) is 0 Å². The molecule has 1 fully saturated rings. The molecule has 1 aliphatic rings. The molecule has 0 spiro atoms. The Morgan fingerprint density at radius 1 is 1.53 bits per heavy atom. The van der Waals surface area contributed by atoms with Gasteiger partial charge in [0, 0.05) is 12.6 Å². The van der Waals surface area contributed by atoms with E-state index >= 15 is 0 Å². The lowest BCUT2D eigenvalue weighted by atomic mass is 10.1. The van der Waals surface area contributed by atoms with Gasteiger partial charge in [0.1, 0.15) is 6.04 Å². The van der Waals surface area contributed by atoms with Crippen LogP contribution in [0.3, 0.4) is 0 Å². The van der Waals surface area contributed by atoms with Gasteiger partial charge in [-0.3, -0.25) is 9.69 Å². The molecule has 0 bridgehead atoms. The third-order valence-electron chi connectivity index (χ3n) is 3.52. The Morgan fingerprint density at radius 2 is 2.24 bits per heavy atom. The van der Waals surface area contributed by atoms with Crippen molar-refractivity contribution >= 4 is 5.97 Å². The third kappa shape index (κ3) is 4.28. The summed E-state index contributed by atoms with van der Waals surface area (Å²) in [5, 5.41) is 9.36. The van der Waals surface area contributed by atoms with Crippen molar-refractivity contribution in [3.05, 3.63) is 0 Å². The van der Waals surface area contributed by atoms with E-state index in [1.165, 1.54) is 0 Å². The number of likely N-dealkylation sites (N-methyl/N-ethyl adjacent to an activating group) is 1. The monoisotopic (exact) mass is 242 g/mol. The summed E-state index contributed by atoms with van der Waals surface area (Å²) in [6.07, 6.45) is 5.12. The standard InChI is InChI=1S/C13H26N2O2/c1-4-5-8-12(13(16)17)15-9-6-7-11(15)10-14(2)3/h11-12H,4-10H2,1-3H3,(H,16,17). The largest absolute Gasteiger partial charge is 0.480 e. The smallest absolute Gasteiger partial charge is 0.320 e. The number of hydrogen-bond acceptors (Lipinski definition) is 3. The fraction of sp³-hybridized carbons (Fsp3) is 0.923. The molecular formula is C13H26N2O2. The van der Waals surface area contributed by atoms with Crippen LogP contribution in [-0.4, -0.2) is 60.1 Å². The highest BCUT2D eigenvalue weighted by molar-refractivity contribution is 5.73. The minimum absolute atomic E-state index is 0.276. The minimum atomic E-state index is -0.649. The topological polar surface area (TPSA) is 43.8 Å². The van der Waals surface area contributed by atoms with Crippen LogP contribution in [0.2, 0.25) is 0 Å². The molecule has 1 N–H and O–H groups in total. The number of unbranched alkanes of at least 4 members (excludes halogenated alkanes) is 1. The molecule has 0 radical (unpaired) electrons. The number of hydrogen-bond donors (Lipinski definition) is 1. The molecule has 4 heteroatoms. The minimum Gasteiger partial charge on any atom is -0.480 e. The lowest BCUT2D eigenvalue weighted by Gasteiger charge is -2.32. The van der Waals surface area contributed by atoms with Gasteiger partial charge in [-0.25, -0.2) is 0 Å². The number of carboxylic acid groups (broad SMARTS) is 1. The van der Waals surface area contributed by atoms with E-state index in [1.807, 2.05) is 0 Å². The summed E-state index contributed by atoms with van der Waals surface area (Å²) in [5.41, 5.74) is 0. The zero-order valence-electron chi connectivity index (χ0n) is 11.4. The van der Waals surface area contributed by atoms with Crippen LogP contribution < -0.4 is 0 Å². The van der Waals surface area contributed by atoms with Crippen molar-refractivity contribution in [3.63, 3.8) is 0 Å². The average Bonchev–Trinajstić information content (AvgIpc) is 2.65. The maximum Gasteiger partial charge on any atom is 0.320 e. The second kappa shape index (κ2) is 6.97. The molecule has 0 aromatic rings. The van der Waals surface area contributed by atoms with E-state index in [-0.39, 0.29) is 6.04 Å². The molecule has 1 rings (SSSR count). The van der Waals surface area contributed by atoms with Crippen LogP contribution in [0.4, 0.5) is 0 Å². The molecular weight excluding hydrogens is 216 g/mol. The van der Waals surface area contributed by atoms with E-state index in [9.17, 15) is 9.90 Å². The second-order valence-corrected chi connectivity index (χ2v) is 5.29. The summed E-state index contributed by atoms with van der Waals surface area (Å²) in [6.45, 7) is 4.02. The fourth-order valence-electron chi connectivity index (χ4n) is 2.71. The Labute approximate surface area is 105 Å². The first-order chi connectivity index (χ1) is 8.06. The van der Waals surface area contributed by atoms with Gasteiger partial charge in [-0.2, -0.15) is 0 Å². The van der Waals surface area contributed by atoms with Crippen molar-refractivity contribution in [1.82, 2.24) is 9.80 Å². The molecule has 2 atom stereocenters. The molecule has 0 aromatic carbocycles. The SMILES string of the molecule is CCCCC(C(=O)O)N1CCCC1CN(C)C. The number of carbonyl (C=O) groups is 1. The van der Waals surface area contributed by atoms with E-state index in [1.54, 1.807) is 0 Å². The van der Waals surface area contributed by atoms with Crippen LogP contribution in [0.5, 0.6) is 0 Å². The number of carboxylic acids is 1. The molecule has 0 amide bonds. The zero-order chi connectivity index (χ0) is 12.8. The van der Waals surface area contributed by atoms with Crippen molar-refractivity contribution in [2.45, 2.75) is 51.1 Å². The summed E-state index contributed by atoms with van der Waals surface area (Å²) in [5.74, 6) is -0.649. The van der Waals surface area contributed by atoms with Crippen LogP contribution >= 0.6 is 0 Å². The average molecular weight is 242 g/mol. The number of rotatable bonds is 7. The Kier molecular flexibility index (Phi) is 5.92. The molecule has 1 heterocycles. The van der Waals surface area contributed by atoms with Gasteiger partial charge in [0.05, 0.1) is 0 Å². The maximum atomic E-state index is 11.4. The number of aliphatic carboxylic acids is 1. The maximum absolute atomic E-state index is 11.4. The molecule has 17 heavy (non-hydrogen) atoms. The van der Waals surface area contributed by atoms with Crippen LogP contribution in [0.25, 0.3) is 0 Å². The van der Waals surface area contributed by atoms with Crippen molar-refractivity contribution in [2.24, 2.45) is 0 Å². The molecule has 0 saturated carbocycles. The van der Waals surface area contributed by atoms with E-state index in [2.05, 4.69) is 30.8 Å². The summed E-state index contributed by atoms with van der Waals surface area (Å²) < 4.78 is 0. The van der Waals surface area contributed by atoms with E-state index < -0.39 is 5.97 Å². The highest BCUT2D eigenvalue weighted by Gasteiger charge is 2.34. The molecule has 2 unspecified atom stereocenters. The van der Waals surface area contributed by atoms with E-state index in [4.69, 9.17) is 0 Å². The molecule has 4 nitrogen and oxygen atoms in total. The van der Waals surface area contributed by atoms with Gasteiger partial charge in [0.2, 0.25) is 0 Å². The lowest BCUT2D eigenvalue weighted by Crippen LogP contribution is -2.47. The lowest BCUT2D eigenvalue weighted by molar-refractivity contribution is -0.144. The van der Waals surface area contributed by atoms with Crippen molar-refractivity contribution in [3.8, 4) is 0 Å². The third-order valence-corrected chi connectivity index (χ3v) is 3.52. The zero-order valence-corrected chi connectivity index (χ0v) is 11.4. The first-order valence-corrected chi connectivity index (χ1v) is 6.69. The van der Waals surface area contributed by atoms with Crippen molar-refractivity contribution in [2.75, 3.05) is 27.2 Å². The van der Waals surface area contributed by atoms with Gasteiger partial charge in [-0.1, -0.05) is 19.8 Å².